The van der Waals surface area contributed by atoms with Gasteiger partial charge in [0.15, 0.2) is 0 Å². The van der Waals surface area contributed by atoms with E-state index in [9.17, 15) is 18.0 Å². The van der Waals surface area contributed by atoms with Gasteiger partial charge in [0.25, 0.3) is 0 Å². The number of esters is 1. The lowest BCUT2D eigenvalue weighted by Gasteiger charge is -2.19. The third-order valence-electron chi connectivity index (χ3n) is 2.38. The van der Waals surface area contributed by atoms with E-state index in [2.05, 4.69) is 14.8 Å². The van der Waals surface area contributed by atoms with Crippen molar-refractivity contribution < 1.29 is 27.4 Å². The van der Waals surface area contributed by atoms with Gasteiger partial charge >= 0.3 is 12.3 Å². The monoisotopic (exact) mass is 291 g/mol. The van der Waals surface area contributed by atoms with E-state index in [0.717, 1.165) is 12.1 Å². The lowest BCUT2D eigenvalue weighted by Crippen LogP contribution is -2.34. The number of rotatable bonds is 5. The minimum atomic E-state index is -4.74. The lowest BCUT2D eigenvalue weighted by molar-refractivity contribution is -0.274. The number of benzene rings is 1. The van der Waals surface area contributed by atoms with Crippen molar-refractivity contribution in [2.24, 2.45) is 0 Å². The van der Waals surface area contributed by atoms with Crippen molar-refractivity contribution in [1.82, 2.24) is 5.32 Å². The number of ether oxygens (including phenoxy) is 2. The summed E-state index contributed by atoms with van der Waals surface area (Å²) in [7, 11) is 1.25. The fraction of sp³-hybridized carbons (Fsp3) is 0.462. The molecule has 0 spiro atoms. The molecule has 0 amide bonds. The van der Waals surface area contributed by atoms with Crippen molar-refractivity contribution in [1.29, 1.82) is 0 Å². The van der Waals surface area contributed by atoms with E-state index in [1.54, 1.807) is 0 Å². The molecular formula is C13H16F3NO3. The molecule has 0 saturated heterocycles. The molecule has 1 unspecified atom stereocenters. The van der Waals surface area contributed by atoms with Gasteiger partial charge in [-0.15, -0.1) is 13.2 Å². The predicted molar refractivity (Wildman–Crippen MR) is 66.2 cm³/mol. The zero-order valence-corrected chi connectivity index (χ0v) is 11.3. The van der Waals surface area contributed by atoms with E-state index in [1.165, 1.54) is 19.2 Å². The highest BCUT2D eigenvalue weighted by molar-refractivity contribution is 5.77. The Balaban J connectivity index is 2.90. The average Bonchev–Trinajstić information content (AvgIpc) is 2.34. The van der Waals surface area contributed by atoms with Gasteiger partial charge in [-0.25, -0.2) is 4.79 Å². The van der Waals surface area contributed by atoms with Crippen LogP contribution in [0.5, 0.6) is 5.75 Å². The van der Waals surface area contributed by atoms with Gasteiger partial charge in [-0.1, -0.05) is 12.1 Å². The van der Waals surface area contributed by atoms with Gasteiger partial charge in [0.05, 0.1) is 7.11 Å². The molecule has 112 valence electrons. The fourth-order valence-electron chi connectivity index (χ4n) is 1.61. The highest BCUT2D eigenvalue weighted by atomic mass is 19.4. The summed E-state index contributed by atoms with van der Waals surface area (Å²) in [5.41, 5.74) is 0.500. The molecule has 4 nitrogen and oxygen atoms in total. The van der Waals surface area contributed by atoms with Gasteiger partial charge in [0.1, 0.15) is 11.8 Å². The fourth-order valence-corrected chi connectivity index (χ4v) is 1.61. The van der Waals surface area contributed by atoms with Crippen LogP contribution in [-0.4, -0.2) is 25.5 Å². The van der Waals surface area contributed by atoms with E-state index >= 15 is 0 Å². The summed E-state index contributed by atoms with van der Waals surface area (Å²) in [5, 5.41) is 2.98. The molecule has 1 rings (SSSR count). The molecule has 0 aliphatic carbocycles. The predicted octanol–water partition coefficient (Wildman–Crippen LogP) is 2.80. The number of alkyl halides is 3. The zero-order chi connectivity index (χ0) is 15.3. The summed E-state index contributed by atoms with van der Waals surface area (Å²) < 4.78 is 44.6. The van der Waals surface area contributed by atoms with Crippen molar-refractivity contribution in [3.05, 3.63) is 29.8 Å². The Morgan fingerprint density at radius 3 is 2.15 bits per heavy atom. The highest BCUT2D eigenvalue weighted by Gasteiger charge is 2.31. The Kier molecular flexibility index (Phi) is 5.38. The van der Waals surface area contributed by atoms with Crippen LogP contribution in [0.1, 0.15) is 25.5 Å². The normalized spacial score (nSPS) is 13.2. The average molecular weight is 291 g/mol. The molecule has 20 heavy (non-hydrogen) atoms. The van der Waals surface area contributed by atoms with Crippen LogP contribution in [0.4, 0.5) is 13.2 Å². The van der Waals surface area contributed by atoms with Crippen LogP contribution in [0.3, 0.4) is 0 Å². The molecule has 1 atom stereocenters. The van der Waals surface area contributed by atoms with Gasteiger partial charge < -0.3 is 9.47 Å². The van der Waals surface area contributed by atoms with Crippen molar-refractivity contribution in [3.8, 4) is 5.75 Å². The minimum Gasteiger partial charge on any atom is -0.468 e. The number of carbonyl (C=O) groups is 1. The molecule has 0 radical (unpaired) electrons. The standard InChI is InChI=1S/C13H16F3NO3/c1-8(2)17-11(12(18)19-3)9-4-6-10(7-5-9)20-13(14,15)16/h4-8,11,17H,1-3H3. The van der Waals surface area contributed by atoms with Gasteiger partial charge in [0.2, 0.25) is 0 Å². The third-order valence-corrected chi connectivity index (χ3v) is 2.38. The van der Waals surface area contributed by atoms with Crippen LogP contribution >= 0.6 is 0 Å². The molecule has 0 heterocycles. The quantitative estimate of drug-likeness (QED) is 0.847. The molecule has 0 aliphatic heterocycles. The van der Waals surface area contributed by atoms with Crippen molar-refractivity contribution >= 4 is 5.97 Å². The van der Waals surface area contributed by atoms with E-state index in [-0.39, 0.29) is 11.8 Å². The van der Waals surface area contributed by atoms with Crippen LogP contribution in [0.25, 0.3) is 0 Å². The molecule has 1 aromatic rings. The summed E-state index contributed by atoms with van der Waals surface area (Å²) >= 11 is 0. The van der Waals surface area contributed by atoms with Gasteiger partial charge in [-0.05, 0) is 31.5 Å². The first-order valence-electron chi connectivity index (χ1n) is 5.92. The van der Waals surface area contributed by atoms with Crippen molar-refractivity contribution in [2.45, 2.75) is 32.3 Å². The SMILES string of the molecule is COC(=O)C(NC(C)C)c1ccc(OC(F)(F)F)cc1. The number of hydrogen-bond donors (Lipinski definition) is 1. The molecule has 0 aromatic heterocycles. The smallest absolute Gasteiger partial charge is 0.468 e. The summed E-state index contributed by atoms with van der Waals surface area (Å²) in [6, 6.07) is 4.35. The number of carbonyl (C=O) groups excluding carboxylic acids is 1. The molecule has 1 aromatic carbocycles. The van der Waals surface area contributed by atoms with Crippen LogP contribution in [0.2, 0.25) is 0 Å². The molecule has 1 N–H and O–H groups in total. The Labute approximate surface area is 114 Å². The number of hydrogen-bond acceptors (Lipinski definition) is 4. The Bertz CT molecular complexity index is 443. The number of methoxy groups -OCH3 is 1. The molecular weight excluding hydrogens is 275 g/mol. The van der Waals surface area contributed by atoms with Crippen LogP contribution < -0.4 is 10.1 Å². The lowest BCUT2D eigenvalue weighted by atomic mass is 10.1. The molecule has 0 fully saturated rings. The van der Waals surface area contributed by atoms with E-state index < -0.39 is 18.4 Å². The van der Waals surface area contributed by atoms with Crippen molar-refractivity contribution in [3.63, 3.8) is 0 Å². The zero-order valence-electron chi connectivity index (χ0n) is 11.3. The van der Waals surface area contributed by atoms with E-state index in [4.69, 9.17) is 0 Å². The first-order valence-corrected chi connectivity index (χ1v) is 5.92. The van der Waals surface area contributed by atoms with Crippen molar-refractivity contribution in [2.75, 3.05) is 7.11 Å². The maximum absolute atomic E-state index is 12.0. The number of nitrogens with one attached hydrogen (secondary N) is 1. The topological polar surface area (TPSA) is 47.6 Å². The minimum absolute atomic E-state index is 0.00482. The second kappa shape index (κ2) is 6.60. The first kappa shape index (κ1) is 16.3. The Morgan fingerprint density at radius 1 is 1.20 bits per heavy atom. The third kappa shape index (κ3) is 5.08. The van der Waals surface area contributed by atoms with Gasteiger partial charge in [-0.2, -0.15) is 0 Å². The maximum Gasteiger partial charge on any atom is 0.573 e. The summed E-state index contributed by atoms with van der Waals surface area (Å²) in [5.74, 6) is -0.849. The molecule has 0 bridgehead atoms. The maximum atomic E-state index is 12.0. The molecule has 0 saturated carbocycles. The largest absolute Gasteiger partial charge is 0.573 e. The first-order chi connectivity index (χ1) is 9.23. The van der Waals surface area contributed by atoms with Crippen LogP contribution in [-0.2, 0) is 9.53 Å². The van der Waals surface area contributed by atoms with Crippen LogP contribution in [0.15, 0.2) is 24.3 Å². The summed E-state index contributed by atoms with van der Waals surface area (Å²) in [4.78, 5) is 11.7. The number of halogens is 3. The highest BCUT2D eigenvalue weighted by Crippen LogP contribution is 2.25. The summed E-state index contributed by atoms with van der Waals surface area (Å²) in [6.45, 7) is 3.69. The second-order valence-corrected chi connectivity index (χ2v) is 4.39. The molecule has 0 aliphatic rings. The Morgan fingerprint density at radius 2 is 1.75 bits per heavy atom. The van der Waals surface area contributed by atoms with Gasteiger partial charge in [-0.3, -0.25) is 5.32 Å². The second-order valence-electron chi connectivity index (χ2n) is 4.39. The van der Waals surface area contributed by atoms with E-state index in [0.29, 0.717) is 5.56 Å². The summed E-state index contributed by atoms with van der Waals surface area (Å²) in [6.07, 6.45) is -4.74. The Hall–Kier alpha value is -1.76. The van der Waals surface area contributed by atoms with E-state index in [1.807, 2.05) is 13.8 Å². The van der Waals surface area contributed by atoms with Gasteiger partial charge in [0, 0.05) is 6.04 Å². The van der Waals surface area contributed by atoms with Crippen LogP contribution in [0, 0.1) is 0 Å². The molecule has 7 heteroatoms.